The van der Waals surface area contributed by atoms with E-state index in [4.69, 9.17) is 0 Å². The van der Waals surface area contributed by atoms with Gasteiger partial charge in [0.15, 0.2) is 0 Å². The SMILES string of the molecule is CC1CN(C(=O)[C@@H]2CNC[C@H]2c2ccc(F)cc2F)CC(C)C1(O)c1ccccn1.Cl. The van der Waals surface area contributed by atoms with Gasteiger partial charge in [-0.1, -0.05) is 26.0 Å². The van der Waals surface area contributed by atoms with E-state index in [0.29, 0.717) is 37.4 Å². The van der Waals surface area contributed by atoms with E-state index in [2.05, 4.69) is 10.3 Å². The molecule has 8 heteroatoms. The van der Waals surface area contributed by atoms with Crippen LogP contribution in [0.15, 0.2) is 42.6 Å². The second-order valence-electron chi connectivity index (χ2n) is 8.62. The molecule has 31 heavy (non-hydrogen) atoms. The number of rotatable bonds is 3. The zero-order valence-corrected chi connectivity index (χ0v) is 18.4. The Morgan fingerprint density at radius 2 is 1.87 bits per heavy atom. The largest absolute Gasteiger partial charge is 0.383 e. The van der Waals surface area contributed by atoms with Crippen LogP contribution in [0, 0.1) is 29.4 Å². The molecule has 2 saturated heterocycles. The molecule has 2 unspecified atom stereocenters. The molecule has 0 radical (unpaired) electrons. The number of piperidine rings is 1. The van der Waals surface area contributed by atoms with E-state index in [1.165, 1.54) is 12.1 Å². The topological polar surface area (TPSA) is 65.5 Å². The molecule has 5 nitrogen and oxygen atoms in total. The molecular formula is C23H28ClF2N3O2. The van der Waals surface area contributed by atoms with Crippen LogP contribution in [0.1, 0.15) is 31.0 Å². The van der Waals surface area contributed by atoms with Crippen LogP contribution in [0.5, 0.6) is 0 Å². The number of halogens is 3. The lowest BCUT2D eigenvalue weighted by molar-refractivity contribution is -0.153. The quantitative estimate of drug-likeness (QED) is 0.752. The maximum atomic E-state index is 14.4. The molecule has 2 aliphatic rings. The normalized spacial score (nSPS) is 30.7. The van der Waals surface area contributed by atoms with E-state index in [-0.39, 0.29) is 36.1 Å². The second-order valence-corrected chi connectivity index (χ2v) is 8.62. The van der Waals surface area contributed by atoms with E-state index >= 15 is 0 Å². The standard InChI is InChI=1S/C23H27F2N3O2.ClH/c1-14-12-28(13-15(2)23(14,30)21-5-3-4-8-27-21)22(29)19-11-26-10-18(19)17-7-6-16(24)9-20(17)25;/h3-9,14-15,18-19,26,30H,10-13H2,1-2H3;1H/t14?,15?,18-,19+,23?;/m0./s1. The molecule has 2 fully saturated rings. The molecule has 0 spiro atoms. The van der Waals surface area contributed by atoms with Gasteiger partial charge in [-0.15, -0.1) is 12.4 Å². The van der Waals surface area contributed by atoms with Crippen molar-refractivity contribution in [3.8, 4) is 0 Å². The Kier molecular flexibility index (Phi) is 6.98. The zero-order valence-electron chi connectivity index (χ0n) is 17.6. The number of nitrogens with one attached hydrogen (secondary N) is 1. The summed E-state index contributed by atoms with van der Waals surface area (Å²) in [6.07, 6.45) is 1.66. The molecule has 1 aromatic heterocycles. The number of nitrogens with zero attached hydrogens (tertiary/aromatic N) is 2. The monoisotopic (exact) mass is 451 g/mol. The third-order valence-corrected chi connectivity index (χ3v) is 6.77. The van der Waals surface area contributed by atoms with E-state index in [1.54, 1.807) is 11.1 Å². The van der Waals surface area contributed by atoms with Crippen molar-refractivity contribution in [2.24, 2.45) is 17.8 Å². The van der Waals surface area contributed by atoms with Crippen molar-refractivity contribution in [3.05, 3.63) is 65.5 Å². The van der Waals surface area contributed by atoms with Crippen LogP contribution in [-0.4, -0.2) is 47.1 Å². The lowest BCUT2D eigenvalue weighted by atomic mass is 9.72. The first-order valence-electron chi connectivity index (χ1n) is 10.4. The number of amides is 1. The van der Waals surface area contributed by atoms with Crippen molar-refractivity contribution in [3.63, 3.8) is 0 Å². The minimum atomic E-state index is -1.12. The molecule has 0 saturated carbocycles. The minimum Gasteiger partial charge on any atom is -0.383 e. The van der Waals surface area contributed by atoms with Gasteiger partial charge in [-0.05, 0) is 23.8 Å². The van der Waals surface area contributed by atoms with Crippen molar-refractivity contribution in [1.82, 2.24) is 15.2 Å². The van der Waals surface area contributed by atoms with Crippen LogP contribution in [-0.2, 0) is 10.4 Å². The Labute approximate surface area is 187 Å². The van der Waals surface area contributed by atoms with Crippen molar-refractivity contribution in [2.45, 2.75) is 25.4 Å². The average Bonchev–Trinajstić information content (AvgIpc) is 3.21. The summed E-state index contributed by atoms with van der Waals surface area (Å²) in [7, 11) is 0. The minimum absolute atomic E-state index is 0. The highest BCUT2D eigenvalue weighted by atomic mass is 35.5. The van der Waals surface area contributed by atoms with Crippen LogP contribution in [0.2, 0.25) is 0 Å². The first kappa shape index (κ1) is 23.6. The molecule has 1 aromatic carbocycles. The van der Waals surface area contributed by atoms with Gasteiger partial charge in [0.25, 0.3) is 0 Å². The molecular weight excluding hydrogens is 424 g/mol. The first-order chi connectivity index (χ1) is 14.3. The van der Waals surface area contributed by atoms with Crippen molar-refractivity contribution >= 4 is 18.3 Å². The zero-order chi connectivity index (χ0) is 21.5. The van der Waals surface area contributed by atoms with Gasteiger partial charge in [-0.2, -0.15) is 0 Å². The summed E-state index contributed by atoms with van der Waals surface area (Å²) in [5, 5.41) is 14.6. The summed E-state index contributed by atoms with van der Waals surface area (Å²) in [6, 6.07) is 9.01. The van der Waals surface area contributed by atoms with Gasteiger partial charge >= 0.3 is 0 Å². The van der Waals surface area contributed by atoms with Crippen LogP contribution in [0.3, 0.4) is 0 Å². The molecule has 168 valence electrons. The molecule has 2 aliphatic heterocycles. The average molecular weight is 452 g/mol. The fourth-order valence-electron chi connectivity index (χ4n) is 5.09. The third-order valence-electron chi connectivity index (χ3n) is 6.77. The van der Waals surface area contributed by atoms with Crippen molar-refractivity contribution < 1.29 is 18.7 Å². The number of likely N-dealkylation sites (tertiary alicyclic amines) is 1. The van der Waals surface area contributed by atoms with Gasteiger partial charge in [0.1, 0.15) is 17.2 Å². The Bertz CT molecular complexity index is 918. The van der Waals surface area contributed by atoms with Gasteiger partial charge in [0.05, 0.1) is 11.6 Å². The van der Waals surface area contributed by atoms with E-state index < -0.39 is 23.2 Å². The number of carbonyl (C=O) groups excluding carboxylic acids is 1. The van der Waals surface area contributed by atoms with E-state index in [0.717, 1.165) is 6.07 Å². The van der Waals surface area contributed by atoms with Gasteiger partial charge in [0.2, 0.25) is 5.91 Å². The number of benzene rings is 1. The van der Waals surface area contributed by atoms with Crippen LogP contribution >= 0.6 is 12.4 Å². The molecule has 4 atom stereocenters. The van der Waals surface area contributed by atoms with Gasteiger partial charge in [-0.3, -0.25) is 9.78 Å². The molecule has 2 N–H and O–H groups in total. The Morgan fingerprint density at radius 1 is 1.16 bits per heavy atom. The predicted molar refractivity (Wildman–Crippen MR) is 116 cm³/mol. The van der Waals surface area contributed by atoms with Gasteiger partial charge in [0, 0.05) is 56.2 Å². The van der Waals surface area contributed by atoms with Crippen LogP contribution < -0.4 is 5.32 Å². The number of aliphatic hydroxyl groups is 1. The molecule has 2 aromatic rings. The van der Waals surface area contributed by atoms with Gasteiger partial charge in [-0.25, -0.2) is 8.78 Å². The number of hydrogen-bond acceptors (Lipinski definition) is 4. The Hall–Kier alpha value is -2.09. The molecule has 1 amide bonds. The predicted octanol–water partition coefficient (Wildman–Crippen LogP) is 3.09. The molecule has 3 heterocycles. The summed E-state index contributed by atoms with van der Waals surface area (Å²) in [6.45, 7) is 5.56. The van der Waals surface area contributed by atoms with Crippen LogP contribution in [0.4, 0.5) is 8.78 Å². The summed E-state index contributed by atoms with van der Waals surface area (Å²) in [4.78, 5) is 19.5. The Morgan fingerprint density at radius 3 is 2.48 bits per heavy atom. The Balaban J connectivity index is 0.00000272. The lowest BCUT2D eigenvalue weighted by Crippen LogP contribution is -2.57. The third kappa shape index (κ3) is 4.19. The molecule has 0 bridgehead atoms. The molecule has 4 rings (SSSR count). The smallest absolute Gasteiger partial charge is 0.227 e. The fraction of sp³-hybridized carbons (Fsp3) is 0.478. The van der Waals surface area contributed by atoms with Crippen LogP contribution in [0.25, 0.3) is 0 Å². The maximum Gasteiger partial charge on any atom is 0.227 e. The van der Waals surface area contributed by atoms with E-state index in [1.807, 2.05) is 32.0 Å². The van der Waals surface area contributed by atoms with Gasteiger partial charge < -0.3 is 15.3 Å². The summed E-state index contributed by atoms with van der Waals surface area (Å²) in [5.74, 6) is -2.50. The fourth-order valence-corrected chi connectivity index (χ4v) is 5.09. The van der Waals surface area contributed by atoms with E-state index in [9.17, 15) is 18.7 Å². The summed E-state index contributed by atoms with van der Waals surface area (Å²) >= 11 is 0. The highest BCUT2D eigenvalue weighted by molar-refractivity contribution is 5.85. The molecule has 0 aliphatic carbocycles. The maximum absolute atomic E-state index is 14.4. The number of pyridine rings is 1. The summed E-state index contributed by atoms with van der Waals surface area (Å²) in [5.41, 5.74) is -0.136. The first-order valence-corrected chi connectivity index (χ1v) is 10.4. The lowest BCUT2D eigenvalue weighted by Gasteiger charge is -2.48. The second kappa shape index (κ2) is 9.18. The van der Waals surface area contributed by atoms with Crippen molar-refractivity contribution in [1.29, 1.82) is 0 Å². The number of aromatic nitrogens is 1. The number of carbonyl (C=O) groups is 1. The highest BCUT2D eigenvalue weighted by Gasteiger charge is 2.49. The summed E-state index contributed by atoms with van der Waals surface area (Å²) < 4.78 is 27.7. The number of hydrogen-bond donors (Lipinski definition) is 2. The highest BCUT2D eigenvalue weighted by Crippen LogP contribution is 2.41. The van der Waals surface area contributed by atoms with Crippen molar-refractivity contribution in [2.75, 3.05) is 26.2 Å².